The average Bonchev–Trinajstić information content (AvgIpc) is 3.15. The molecule has 23 heavy (non-hydrogen) atoms. The van der Waals surface area contributed by atoms with E-state index < -0.39 is 27.0 Å². The maximum absolute atomic E-state index is 12.8. The lowest BCUT2D eigenvalue weighted by Crippen LogP contribution is -2.47. The predicted molar refractivity (Wildman–Crippen MR) is 90.5 cm³/mol. The summed E-state index contributed by atoms with van der Waals surface area (Å²) in [4.78, 5) is 12.6. The number of hydrogen-bond acceptors (Lipinski definition) is 4. The Morgan fingerprint density at radius 2 is 1.83 bits per heavy atom. The second kappa shape index (κ2) is 6.46. The van der Waals surface area contributed by atoms with E-state index in [2.05, 4.69) is 13.0 Å². The number of allylic oxidation sites excluding steroid dienone is 2. The van der Waals surface area contributed by atoms with E-state index in [1.807, 2.05) is 13.0 Å². The highest BCUT2D eigenvalue weighted by atomic mass is 32.2. The lowest BCUT2D eigenvalue weighted by molar-refractivity contribution is 0.0338. The third kappa shape index (κ3) is 4.28. The highest BCUT2D eigenvalue weighted by Gasteiger charge is 2.49. The van der Waals surface area contributed by atoms with Crippen molar-refractivity contribution in [2.75, 3.05) is 0 Å². The minimum absolute atomic E-state index is 0.299. The summed E-state index contributed by atoms with van der Waals surface area (Å²) >= 11 is 0. The van der Waals surface area contributed by atoms with Crippen molar-refractivity contribution in [1.29, 1.82) is 0 Å². The van der Waals surface area contributed by atoms with E-state index in [0.29, 0.717) is 37.5 Å². The first-order chi connectivity index (χ1) is 10.6. The third-order valence-corrected chi connectivity index (χ3v) is 6.79. The van der Waals surface area contributed by atoms with Crippen LogP contribution in [0.25, 0.3) is 0 Å². The van der Waals surface area contributed by atoms with Crippen LogP contribution in [0.1, 0.15) is 60.3 Å². The molecule has 0 aromatic rings. The number of ether oxygens (including phenoxy) is 1. The molecule has 2 saturated carbocycles. The summed E-state index contributed by atoms with van der Waals surface area (Å²) in [6, 6.07) is -0.299. The number of carbonyl (C=O) groups excluding carboxylic acids is 1. The Bertz CT molecular complexity index is 572. The molecule has 0 aromatic heterocycles. The molecule has 5 nitrogen and oxygen atoms in total. The first-order valence-electron chi connectivity index (χ1n) is 8.45. The van der Waals surface area contributed by atoms with Crippen LogP contribution in [0.15, 0.2) is 12.2 Å². The van der Waals surface area contributed by atoms with Crippen LogP contribution in [-0.4, -0.2) is 35.7 Å². The minimum Gasteiger partial charge on any atom is -0.443 e. The second-order valence-corrected chi connectivity index (χ2v) is 9.90. The molecule has 3 unspecified atom stereocenters. The van der Waals surface area contributed by atoms with Crippen molar-refractivity contribution >= 4 is 16.1 Å². The molecule has 3 atom stereocenters. The molecule has 1 amide bonds. The van der Waals surface area contributed by atoms with Gasteiger partial charge in [-0.2, -0.15) is 0 Å². The number of carbonyl (C=O) groups is 1. The molecule has 0 aliphatic heterocycles. The first kappa shape index (κ1) is 18.3. The van der Waals surface area contributed by atoms with Gasteiger partial charge in [0, 0.05) is 0 Å². The molecule has 0 radical (unpaired) electrons. The van der Waals surface area contributed by atoms with Gasteiger partial charge in [-0.05, 0) is 65.2 Å². The Kier molecular flexibility index (Phi) is 5.14. The molecule has 0 spiro atoms. The number of nitrogens with zero attached hydrogens (tertiary/aromatic N) is 1. The van der Waals surface area contributed by atoms with Gasteiger partial charge in [0.25, 0.3) is 0 Å². The van der Waals surface area contributed by atoms with Crippen LogP contribution in [0.3, 0.4) is 0 Å². The Morgan fingerprint density at radius 3 is 2.30 bits per heavy atom. The molecule has 0 bridgehead atoms. The molecule has 2 fully saturated rings. The maximum atomic E-state index is 12.8. The van der Waals surface area contributed by atoms with Crippen LogP contribution >= 0.6 is 0 Å². The van der Waals surface area contributed by atoms with E-state index in [4.69, 9.17) is 4.74 Å². The highest BCUT2D eigenvalue weighted by molar-refractivity contribution is 7.90. The van der Waals surface area contributed by atoms with E-state index in [-0.39, 0.29) is 6.04 Å². The van der Waals surface area contributed by atoms with Gasteiger partial charge in [0.2, 0.25) is 10.0 Å². The summed E-state index contributed by atoms with van der Waals surface area (Å²) in [5.74, 6) is 0.667. The normalized spacial score (nSPS) is 29.0. The summed E-state index contributed by atoms with van der Waals surface area (Å²) in [5, 5.41) is -0.411. The van der Waals surface area contributed by atoms with Gasteiger partial charge in [0.15, 0.2) is 0 Å². The van der Waals surface area contributed by atoms with Crippen molar-refractivity contribution in [2.45, 2.75) is 77.2 Å². The Hall–Kier alpha value is -1.04. The number of rotatable bonds is 4. The topological polar surface area (TPSA) is 63.7 Å². The Labute approximate surface area is 140 Å². The van der Waals surface area contributed by atoms with E-state index >= 15 is 0 Å². The van der Waals surface area contributed by atoms with Crippen molar-refractivity contribution < 1.29 is 17.9 Å². The summed E-state index contributed by atoms with van der Waals surface area (Å²) in [6.07, 6.45) is 6.04. The van der Waals surface area contributed by atoms with Crippen LogP contribution < -0.4 is 0 Å². The molecule has 132 valence electrons. The fourth-order valence-electron chi connectivity index (χ4n) is 3.25. The molecule has 2 aliphatic carbocycles. The van der Waals surface area contributed by atoms with Gasteiger partial charge in [0.1, 0.15) is 5.60 Å². The van der Waals surface area contributed by atoms with E-state index in [1.165, 1.54) is 0 Å². The van der Waals surface area contributed by atoms with Crippen molar-refractivity contribution in [3.63, 3.8) is 0 Å². The molecule has 6 heteroatoms. The quantitative estimate of drug-likeness (QED) is 0.730. The smallest absolute Gasteiger partial charge is 0.424 e. The molecule has 2 rings (SSSR count). The first-order valence-corrected chi connectivity index (χ1v) is 9.95. The molecular formula is C17H29NO4S. The predicted octanol–water partition coefficient (Wildman–Crippen LogP) is 3.71. The van der Waals surface area contributed by atoms with Gasteiger partial charge in [-0.25, -0.2) is 17.5 Å². The van der Waals surface area contributed by atoms with Crippen molar-refractivity contribution in [3.8, 4) is 0 Å². The van der Waals surface area contributed by atoms with E-state index in [1.54, 1.807) is 20.8 Å². The van der Waals surface area contributed by atoms with Crippen LogP contribution in [0.5, 0.6) is 0 Å². The summed E-state index contributed by atoms with van der Waals surface area (Å²) in [5.41, 5.74) is -0.707. The lowest BCUT2D eigenvalue weighted by atomic mass is 9.98. The maximum Gasteiger partial charge on any atom is 0.424 e. The Morgan fingerprint density at radius 1 is 1.22 bits per heavy atom. The summed E-state index contributed by atoms with van der Waals surface area (Å²) < 4.78 is 32.0. The van der Waals surface area contributed by atoms with Crippen molar-refractivity contribution in [1.82, 2.24) is 4.31 Å². The fourth-order valence-corrected chi connectivity index (χ4v) is 5.13. The third-order valence-electron chi connectivity index (χ3n) is 4.48. The molecule has 0 saturated heterocycles. The van der Waals surface area contributed by atoms with Crippen molar-refractivity contribution in [2.24, 2.45) is 11.8 Å². The number of hydrogen-bond donors (Lipinski definition) is 0. The van der Waals surface area contributed by atoms with Crippen LogP contribution in [0.2, 0.25) is 0 Å². The minimum atomic E-state index is -3.61. The van der Waals surface area contributed by atoms with Gasteiger partial charge in [-0.3, -0.25) is 0 Å². The molecule has 0 heterocycles. The average molecular weight is 343 g/mol. The number of sulfonamides is 1. The monoisotopic (exact) mass is 343 g/mol. The van der Waals surface area contributed by atoms with Crippen LogP contribution in [0.4, 0.5) is 4.79 Å². The van der Waals surface area contributed by atoms with Crippen LogP contribution in [-0.2, 0) is 14.8 Å². The molecule has 0 N–H and O–H groups in total. The standard InChI is InChI=1S/C17H29NO4S/c1-6-7-13-11-14(10-12(13)2)18(16(19)22-17(3,4)5)23(20,21)15-8-9-15/h6-7,12-15H,8-11H2,1-5H3/b7-6-. The number of amides is 1. The van der Waals surface area contributed by atoms with Gasteiger partial charge in [0.05, 0.1) is 11.3 Å². The molecule has 0 aromatic carbocycles. The Balaban J connectivity index is 2.26. The zero-order valence-electron chi connectivity index (χ0n) is 14.8. The summed E-state index contributed by atoms with van der Waals surface area (Å²) in [6.45, 7) is 9.35. The zero-order valence-corrected chi connectivity index (χ0v) is 15.6. The zero-order chi connectivity index (χ0) is 17.4. The molecular weight excluding hydrogens is 314 g/mol. The highest BCUT2D eigenvalue weighted by Crippen LogP contribution is 2.40. The second-order valence-electron chi connectivity index (χ2n) is 7.81. The SMILES string of the molecule is C/C=C\C1CC(N(C(=O)OC(C)(C)C)S(=O)(=O)C2CC2)CC1C. The fraction of sp³-hybridized carbons (Fsp3) is 0.824. The van der Waals surface area contributed by atoms with Gasteiger partial charge >= 0.3 is 6.09 Å². The van der Waals surface area contributed by atoms with Crippen LogP contribution in [0, 0.1) is 11.8 Å². The van der Waals surface area contributed by atoms with E-state index in [0.717, 1.165) is 4.31 Å². The lowest BCUT2D eigenvalue weighted by Gasteiger charge is -2.31. The van der Waals surface area contributed by atoms with Gasteiger partial charge in [-0.1, -0.05) is 19.1 Å². The van der Waals surface area contributed by atoms with E-state index in [9.17, 15) is 13.2 Å². The largest absolute Gasteiger partial charge is 0.443 e. The molecule has 2 aliphatic rings. The van der Waals surface area contributed by atoms with Crippen molar-refractivity contribution in [3.05, 3.63) is 12.2 Å². The van der Waals surface area contributed by atoms with Gasteiger partial charge < -0.3 is 4.74 Å². The summed E-state index contributed by atoms with van der Waals surface area (Å²) in [7, 11) is -3.61. The van der Waals surface area contributed by atoms with Gasteiger partial charge in [-0.15, -0.1) is 0 Å².